The van der Waals surface area contributed by atoms with Crippen LogP contribution in [0, 0.1) is 11.8 Å². The standard InChI is InChI=1S/C21H42/c1-5-8-10-13-16-20(4)17-14-11-15-19-21(7-3)18-12-9-6-2/h14,17,20-21H,5-13,15-16,18-19H2,1-4H3. The van der Waals surface area contributed by atoms with Crippen molar-refractivity contribution in [1.82, 2.24) is 0 Å². The van der Waals surface area contributed by atoms with E-state index in [0.29, 0.717) is 0 Å². The molecule has 0 aromatic carbocycles. The van der Waals surface area contributed by atoms with Crippen LogP contribution in [0.3, 0.4) is 0 Å². The summed E-state index contributed by atoms with van der Waals surface area (Å²) in [5.41, 5.74) is 0. The summed E-state index contributed by atoms with van der Waals surface area (Å²) >= 11 is 0. The fourth-order valence-electron chi connectivity index (χ4n) is 3.08. The van der Waals surface area contributed by atoms with Crippen LogP contribution in [0.1, 0.15) is 111 Å². The zero-order valence-corrected chi connectivity index (χ0v) is 15.5. The van der Waals surface area contributed by atoms with Crippen molar-refractivity contribution in [2.24, 2.45) is 11.8 Å². The van der Waals surface area contributed by atoms with Crippen molar-refractivity contribution in [2.75, 3.05) is 0 Å². The molecule has 0 radical (unpaired) electrons. The second kappa shape index (κ2) is 16.1. The maximum atomic E-state index is 2.46. The molecule has 0 aliphatic heterocycles. The minimum Gasteiger partial charge on any atom is -0.0883 e. The van der Waals surface area contributed by atoms with E-state index >= 15 is 0 Å². The van der Waals surface area contributed by atoms with Crippen LogP contribution >= 0.6 is 0 Å². The van der Waals surface area contributed by atoms with Crippen molar-refractivity contribution in [3.63, 3.8) is 0 Å². The molecule has 0 fully saturated rings. The van der Waals surface area contributed by atoms with Gasteiger partial charge in [-0.3, -0.25) is 0 Å². The monoisotopic (exact) mass is 294 g/mol. The predicted octanol–water partition coefficient (Wildman–Crippen LogP) is 7.93. The van der Waals surface area contributed by atoms with Crippen LogP contribution in [0.15, 0.2) is 12.2 Å². The third-order valence-electron chi connectivity index (χ3n) is 4.75. The Morgan fingerprint density at radius 2 is 1.33 bits per heavy atom. The molecule has 0 heterocycles. The summed E-state index contributed by atoms with van der Waals surface area (Å²) in [7, 11) is 0. The molecule has 0 aromatic heterocycles. The molecular weight excluding hydrogens is 252 g/mol. The minimum atomic E-state index is 0.786. The Bertz CT molecular complexity index is 216. The maximum absolute atomic E-state index is 2.46. The van der Waals surface area contributed by atoms with Crippen molar-refractivity contribution >= 4 is 0 Å². The SMILES string of the molecule is CCCCCCC(C)C=CCCCC(CC)CCCCC. The van der Waals surface area contributed by atoms with Crippen LogP contribution in [0.2, 0.25) is 0 Å². The van der Waals surface area contributed by atoms with E-state index in [-0.39, 0.29) is 0 Å². The van der Waals surface area contributed by atoms with E-state index in [0.717, 1.165) is 11.8 Å². The largest absolute Gasteiger partial charge is 0.0883 e. The highest BCUT2D eigenvalue weighted by Crippen LogP contribution is 2.20. The molecule has 0 nitrogen and oxygen atoms in total. The van der Waals surface area contributed by atoms with Crippen LogP contribution in [-0.4, -0.2) is 0 Å². The van der Waals surface area contributed by atoms with Crippen LogP contribution in [0.5, 0.6) is 0 Å². The van der Waals surface area contributed by atoms with Gasteiger partial charge in [0.2, 0.25) is 0 Å². The summed E-state index contributed by atoms with van der Waals surface area (Å²) < 4.78 is 0. The van der Waals surface area contributed by atoms with E-state index in [1.165, 1.54) is 83.5 Å². The predicted molar refractivity (Wildman–Crippen MR) is 98.8 cm³/mol. The minimum absolute atomic E-state index is 0.786. The molecule has 0 amide bonds. The highest BCUT2D eigenvalue weighted by molar-refractivity contribution is 4.86. The molecule has 2 atom stereocenters. The van der Waals surface area contributed by atoms with E-state index in [1.807, 2.05) is 0 Å². The average Bonchev–Trinajstić information content (AvgIpc) is 2.49. The van der Waals surface area contributed by atoms with Crippen molar-refractivity contribution in [2.45, 2.75) is 111 Å². The highest BCUT2D eigenvalue weighted by Gasteiger charge is 2.05. The molecule has 126 valence electrons. The fraction of sp³-hybridized carbons (Fsp3) is 0.905. The molecule has 0 saturated heterocycles. The van der Waals surface area contributed by atoms with Gasteiger partial charge in [0, 0.05) is 0 Å². The number of hydrogen-bond acceptors (Lipinski definition) is 0. The van der Waals surface area contributed by atoms with E-state index in [1.54, 1.807) is 0 Å². The molecule has 0 aliphatic carbocycles. The lowest BCUT2D eigenvalue weighted by Crippen LogP contribution is -1.98. The second-order valence-corrected chi connectivity index (χ2v) is 6.96. The molecule has 2 unspecified atom stereocenters. The van der Waals surface area contributed by atoms with Crippen LogP contribution in [0.4, 0.5) is 0 Å². The van der Waals surface area contributed by atoms with Crippen LogP contribution in [0.25, 0.3) is 0 Å². The van der Waals surface area contributed by atoms with E-state index in [9.17, 15) is 0 Å². The Hall–Kier alpha value is -0.260. The highest BCUT2D eigenvalue weighted by atomic mass is 14.1. The Morgan fingerprint density at radius 3 is 2.00 bits per heavy atom. The second-order valence-electron chi connectivity index (χ2n) is 6.96. The van der Waals surface area contributed by atoms with Crippen molar-refractivity contribution < 1.29 is 0 Å². The van der Waals surface area contributed by atoms with Gasteiger partial charge in [-0.2, -0.15) is 0 Å². The van der Waals surface area contributed by atoms with Gasteiger partial charge in [0.25, 0.3) is 0 Å². The third kappa shape index (κ3) is 14.4. The topological polar surface area (TPSA) is 0 Å². The molecule has 0 heteroatoms. The van der Waals surface area contributed by atoms with Gasteiger partial charge in [-0.1, -0.05) is 104 Å². The first-order chi connectivity index (χ1) is 10.2. The first kappa shape index (κ1) is 20.7. The maximum Gasteiger partial charge on any atom is -0.0262 e. The number of allylic oxidation sites excluding steroid dienone is 2. The fourth-order valence-corrected chi connectivity index (χ4v) is 3.08. The van der Waals surface area contributed by atoms with Crippen LogP contribution < -0.4 is 0 Å². The van der Waals surface area contributed by atoms with E-state index < -0.39 is 0 Å². The zero-order valence-electron chi connectivity index (χ0n) is 15.5. The Labute approximate surface area is 135 Å². The first-order valence-corrected chi connectivity index (χ1v) is 9.91. The first-order valence-electron chi connectivity index (χ1n) is 9.91. The number of hydrogen-bond donors (Lipinski definition) is 0. The average molecular weight is 295 g/mol. The van der Waals surface area contributed by atoms with Gasteiger partial charge >= 0.3 is 0 Å². The quantitative estimate of drug-likeness (QED) is 0.212. The van der Waals surface area contributed by atoms with Gasteiger partial charge in [-0.25, -0.2) is 0 Å². The number of rotatable bonds is 15. The van der Waals surface area contributed by atoms with Gasteiger partial charge in [0.1, 0.15) is 0 Å². The molecule has 0 bridgehead atoms. The van der Waals surface area contributed by atoms with Crippen molar-refractivity contribution in [1.29, 1.82) is 0 Å². The molecule has 0 saturated carbocycles. The van der Waals surface area contributed by atoms with E-state index in [2.05, 4.69) is 39.8 Å². The summed E-state index contributed by atoms with van der Waals surface area (Å²) in [6, 6.07) is 0. The van der Waals surface area contributed by atoms with Crippen molar-refractivity contribution in [3.8, 4) is 0 Å². The lowest BCUT2D eigenvalue weighted by molar-refractivity contribution is 0.406. The van der Waals surface area contributed by atoms with Gasteiger partial charge in [-0.05, 0) is 31.1 Å². The summed E-state index contributed by atoms with van der Waals surface area (Å²) in [5, 5.41) is 0. The zero-order chi connectivity index (χ0) is 15.8. The van der Waals surface area contributed by atoms with Crippen molar-refractivity contribution in [3.05, 3.63) is 12.2 Å². The Balaban J connectivity index is 3.55. The lowest BCUT2D eigenvalue weighted by Gasteiger charge is -2.13. The molecule has 0 N–H and O–H groups in total. The summed E-state index contributed by atoms with van der Waals surface area (Å²) in [4.78, 5) is 0. The molecular formula is C21H42. The molecule has 0 aromatic rings. The number of unbranched alkanes of at least 4 members (excludes halogenated alkanes) is 6. The Kier molecular flexibility index (Phi) is 15.9. The normalized spacial score (nSPS) is 14.7. The van der Waals surface area contributed by atoms with Gasteiger partial charge < -0.3 is 0 Å². The van der Waals surface area contributed by atoms with Gasteiger partial charge in [0.05, 0.1) is 0 Å². The third-order valence-corrected chi connectivity index (χ3v) is 4.75. The van der Waals surface area contributed by atoms with Gasteiger partial charge in [0.15, 0.2) is 0 Å². The van der Waals surface area contributed by atoms with Gasteiger partial charge in [-0.15, -0.1) is 0 Å². The smallest absolute Gasteiger partial charge is 0.0262 e. The van der Waals surface area contributed by atoms with E-state index in [4.69, 9.17) is 0 Å². The Morgan fingerprint density at radius 1 is 0.714 bits per heavy atom. The molecule has 0 aliphatic rings. The molecule has 0 spiro atoms. The summed E-state index contributed by atoms with van der Waals surface area (Å²) in [6.45, 7) is 9.33. The molecule has 21 heavy (non-hydrogen) atoms. The summed E-state index contributed by atoms with van der Waals surface area (Å²) in [6.07, 6.45) is 23.1. The lowest BCUT2D eigenvalue weighted by atomic mass is 9.93. The summed E-state index contributed by atoms with van der Waals surface area (Å²) in [5.74, 6) is 1.77. The van der Waals surface area contributed by atoms with Crippen LogP contribution in [-0.2, 0) is 0 Å². The molecule has 0 rings (SSSR count).